The molecule has 106 valence electrons. The fourth-order valence-corrected chi connectivity index (χ4v) is 5.04. The van der Waals surface area contributed by atoms with Gasteiger partial charge in [0.25, 0.3) is 0 Å². The highest BCUT2D eigenvalue weighted by Crippen LogP contribution is 2.28. The molecule has 1 aliphatic rings. The second-order valence-electron chi connectivity index (χ2n) is 4.69. The lowest BCUT2D eigenvalue weighted by molar-refractivity contribution is 0.0314. The first-order valence-electron chi connectivity index (χ1n) is 6.32. The summed E-state index contributed by atoms with van der Waals surface area (Å²) in [6, 6.07) is 5.23. The summed E-state index contributed by atoms with van der Waals surface area (Å²) < 4.78 is 33.0. The monoisotopic (exact) mass is 347 g/mol. The van der Waals surface area contributed by atoms with E-state index in [0.29, 0.717) is 29.1 Å². The molecule has 4 nitrogen and oxygen atoms in total. The van der Waals surface area contributed by atoms with Crippen LogP contribution >= 0.6 is 15.9 Å². The lowest BCUT2D eigenvalue weighted by Crippen LogP contribution is -2.48. The van der Waals surface area contributed by atoms with Gasteiger partial charge >= 0.3 is 0 Å². The Hall–Kier alpha value is -0.430. The van der Waals surface area contributed by atoms with Crippen molar-refractivity contribution in [2.45, 2.75) is 31.2 Å². The van der Waals surface area contributed by atoms with Gasteiger partial charge in [-0.05, 0) is 47.0 Å². The number of hydrogen-bond acceptors (Lipinski definition) is 3. The van der Waals surface area contributed by atoms with Gasteiger partial charge < -0.3 is 4.74 Å². The average Bonchev–Trinajstić information content (AvgIpc) is 2.38. The summed E-state index contributed by atoms with van der Waals surface area (Å²) in [5.74, 6) is 0. The molecule has 1 aromatic carbocycles. The van der Waals surface area contributed by atoms with E-state index >= 15 is 0 Å². The van der Waals surface area contributed by atoms with E-state index in [1.54, 1.807) is 10.4 Å². The number of rotatable bonds is 3. The summed E-state index contributed by atoms with van der Waals surface area (Å²) in [6.45, 7) is 5.26. The van der Waals surface area contributed by atoms with Crippen LogP contribution < -0.4 is 0 Å². The third kappa shape index (κ3) is 3.02. The zero-order valence-corrected chi connectivity index (χ0v) is 13.5. The molecule has 1 heterocycles. The fourth-order valence-electron chi connectivity index (χ4n) is 2.22. The summed E-state index contributed by atoms with van der Waals surface area (Å²) >= 11 is 3.35. The molecule has 1 aromatic rings. The Morgan fingerprint density at radius 1 is 1.47 bits per heavy atom. The maximum Gasteiger partial charge on any atom is 0.244 e. The number of halogens is 1. The van der Waals surface area contributed by atoms with Gasteiger partial charge in [-0.2, -0.15) is 4.31 Å². The van der Waals surface area contributed by atoms with E-state index in [-0.39, 0.29) is 6.04 Å². The number of sulfonamides is 1. The summed E-state index contributed by atoms with van der Waals surface area (Å²) in [6.07, 6.45) is 0.753. The molecule has 1 saturated heterocycles. The number of hydrogen-bond donors (Lipinski definition) is 0. The molecular weight excluding hydrogens is 330 g/mol. The van der Waals surface area contributed by atoms with E-state index in [2.05, 4.69) is 15.9 Å². The standard InChI is InChI=1S/C13H18BrNO3S/c1-3-11-9-18-7-6-15(11)19(16,17)13-5-4-10(2)8-12(13)14/h4-5,8,11H,3,6-7,9H2,1-2H3. The van der Waals surface area contributed by atoms with E-state index < -0.39 is 10.0 Å². The van der Waals surface area contributed by atoms with Gasteiger partial charge in [0.05, 0.1) is 18.1 Å². The van der Waals surface area contributed by atoms with Crippen LogP contribution in [0, 0.1) is 6.92 Å². The quantitative estimate of drug-likeness (QED) is 0.844. The summed E-state index contributed by atoms with van der Waals surface area (Å²) in [7, 11) is -3.46. The van der Waals surface area contributed by atoms with Crippen molar-refractivity contribution in [1.29, 1.82) is 0 Å². The van der Waals surface area contributed by atoms with Crippen molar-refractivity contribution in [3.63, 3.8) is 0 Å². The minimum Gasteiger partial charge on any atom is -0.378 e. The zero-order valence-electron chi connectivity index (χ0n) is 11.1. The third-order valence-electron chi connectivity index (χ3n) is 3.32. The van der Waals surface area contributed by atoms with Gasteiger partial charge in [-0.1, -0.05) is 13.0 Å². The Bertz CT molecular complexity index is 559. The van der Waals surface area contributed by atoms with E-state index in [9.17, 15) is 8.42 Å². The van der Waals surface area contributed by atoms with Crippen LogP contribution in [0.1, 0.15) is 18.9 Å². The Balaban J connectivity index is 2.40. The van der Waals surface area contributed by atoms with Crippen LogP contribution in [0.3, 0.4) is 0 Å². The SMILES string of the molecule is CCC1COCCN1S(=O)(=O)c1ccc(C)cc1Br. The zero-order chi connectivity index (χ0) is 14.0. The van der Waals surface area contributed by atoms with Crippen molar-refractivity contribution < 1.29 is 13.2 Å². The van der Waals surface area contributed by atoms with Crippen LogP contribution in [0.5, 0.6) is 0 Å². The molecule has 0 saturated carbocycles. The summed E-state index contributed by atoms with van der Waals surface area (Å²) in [4.78, 5) is 0.332. The van der Waals surface area contributed by atoms with Crippen LogP contribution in [0.25, 0.3) is 0 Å². The van der Waals surface area contributed by atoms with Crippen LogP contribution in [0.15, 0.2) is 27.6 Å². The molecule has 2 rings (SSSR count). The van der Waals surface area contributed by atoms with E-state index in [1.165, 1.54) is 0 Å². The highest BCUT2D eigenvalue weighted by atomic mass is 79.9. The van der Waals surface area contributed by atoms with E-state index in [0.717, 1.165) is 12.0 Å². The topological polar surface area (TPSA) is 46.6 Å². The van der Waals surface area contributed by atoms with Crippen LogP contribution in [-0.2, 0) is 14.8 Å². The predicted octanol–water partition coefficient (Wildman–Crippen LogP) is 2.56. The molecule has 19 heavy (non-hydrogen) atoms. The second-order valence-corrected chi connectivity index (χ2v) is 7.40. The van der Waals surface area contributed by atoms with Gasteiger partial charge in [0, 0.05) is 17.1 Å². The van der Waals surface area contributed by atoms with Gasteiger partial charge in [0.2, 0.25) is 10.0 Å². The van der Waals surface area contributed by atoms with Gasteiger partial charge in [-0.3, -0.25) is 0 Å². The number of ether oxygens (including phenoxy) is 1. The minimum atomic E-state index is -3.46. The number of morpholine rings is 1. The van der Waals surface area contributed by atoms with Crippen molar-refractivity contribution in [1.82, 2.24) is 4.31 Å². The first-order valence-corrected chi connectivity index (χ1v) is 8.56. The van der Waals surface area contributed by atoms with Gasteiger partial charge in [-0.25, -0.2) is 8.42 Å². The predicted molar refractivity (Wildman–Crippen MR) is 77.7 cm³/mol. The molecule has 0 aliphatic carbocycles. The lowest BCUT2D eigenvalue weighted by Gasteiger charge is -2.34. The van der Waals surface area contributed by atoms with Crippen LogP contribution in [0.2, 0.25) is 0 Å². The molecule has 0 N–H and O–H groups in total. The Kier molecular flexibility index (Phi) is 4.66. The molecule has 1 fully saturated rings. The van der Waals surface area contributed by atoms with Gasteiger partial charge in [-0.15, -0.1) is 0 Å². The summed E-state index contributed by atoms with van der Waals surface area (Å²) in [5.41, 5.74) is 1.03. The third-order valence-corrected chi connectivity index (χ3v) is 6.25. The minimum absolute atomic E-state index is 0.0769. The van der Waals surface area contributed by atoms with Crippen LogP contribution in [0.4, 0.5) is 0 Å². The Morgan fingerprint density at radius 2 is 2.21 bits per heavy atom. The van der Waals surface area contributed by atoms with Crippen molar-refractivity contribution in [3.05, 3.63) is 28.2 Å². The molecule has 0 radical (unpaired) electrons. The maximum absolute atomic E-state index is 12.7. The maximum atomic E-state index is 12.7. The van der Waals surface area contributed by atoms with Crippen molar-refractivity contribution in [2.75, 3.05) is 19.8 Å². The smallest absolute Gasteiger partial charge is 0.244 e. The number of aryl methyl sites for hydroxylation is 1. The normalized spacial score (nSPS) is 21.5. The molecule has 0 bridgehead atoms. The Labute approximate surface area is 122 Å². The van der Waals surface area contributed by atoms with Gasteiger partial charge in [0.15, 0.2) is 0 Å². The molecule has 6 heteroatoms. The van der Waals surface area contributed by atoms with Crippen molar-refractivity contribution in [3.8, 4) is 0 Å². The molecule has 1 unspecified atom stereocenters. The molecular formula is C13H18BrNO3S. The van der Waals surface area contributed by atoms with E-state index in [1.807, 2.05) is 26.0 Å². The van der Waals surface area contributed by atoms with Crippen molar-refractivity contribution >= 4 is 26.0 Å². The van der Waals surface area contributed by atoms with Crippen molar-refractivity contribution in [2.24, 2.45) is 0 Å². The first-order chi connectivity index (χ1) is 8.96. The molecule has 0 amide bonds. The summed E-state index contributed by atoms with van der Waals surface area (Å²) in [5, 5.41) is 0. The first kappa shape index (κ1) is 15.0. The number of benzene rings is 1. The molecule has 1 atom stereocenters. The highest BCUT2D eigenvalue weighted by molar-refractivity contribution is 9.10. The molecule has 0 spiro atoms. The fraction of sp³-hybridized carbons (Fsp3) is 0.538. The lowest BCUT2D eigenvalue weighted by atomic mass is 10.2. The Morgan fingerprint density at radius 3 is 2.84 bits per heavy atom. The number of nitrogens with zero attached hydrogens (tertiary/aromatic N) is 1. The molecule has 1 aliphatic heterocycles. The largest absolute Gasteiger partial charge is 0.378 e. The van der Waals surface area contributed by atoms with Gasteiger partial charge in [0.1, 0.15) is 0 Å². The highest BCUT2D eigenvalue weighted by Gasteiger charge is 2.34. The van der Waals surface area contributed by atoms with E-state index in [4.69, 9.17) is 4.74 Å². The average molecular weight is 348 g/mol. The second kappa shape index (κ2) is 5.91. The molecule has 0 aromatic heterocycles. The van der Waals surface area contributed by atoms with Crippen LogP contribution in [-0.4, -0.2) is 38.5 Å².